The summed E-state index contributed by atoms with van der Waals surface area (Å²) < 4.78 is 27.4. The zero-order chi connectivity index (χ0) is 14.0. The highest BCUT2D eigenvalue weighted by Crippen LogP contribution is 2.29. The Bertz CT molecular complexity index is 678. The van der Waals surface area contributed by atoms with Crippen LogP contribution in [0.4, 0.5) is 20.2 Å². The van der Waals surface area contributed by atoms with Gasteiger partial charge >= 0.3 is 0 Å². The van der Waals surface area contributed by atoms with Gasteiger partial charge in [0.2, 0.25) is 0 Å². The second kappa shape index (κ2) is 5.37. The third-order valence-electron chi connectivity index (χ3n) is 2.65. The van der Waals surface area contributed by atoms with E-state index in [1.807, 2.05) is 6.07 Å². The number of nitrogens with zero attached hydrogens (tertiary/aromatic N) is 1. The highest BCUT2D eigenvalue weighted by atomic mass is 79.9. The van der Waals surface area contributed by atoms with Crippen LogP contribution in [-0.2, 0) is 0 Å². The molecule has 0 aromatic heterocycles. The molecule has 2 aromatic rings. The minimum atomic E-state index is -0.583. The van der Waals surface area contributed by atoms with Crippen LogP contribution in [0, 0.1) is 29.9 Å². The van der Waals surface area contributed by atoms with Gasteiger partial charge in [0.1, 0.15) is 11.9 Å². The lowest BCUT2D eigenvalue weighted by atomic mass is 10.2. The maximum Gasteiger partial charge on any atom is 0.162 e. The number of halogens is 3. The van der Waals surface area contributed by atoms with Crippen molar-refractivity contribution in [3.8, 4) is 6.07 Å². The van der Waals surface area contributed by atoms with E-state index in [0.717, 1.165) is 0 Å². The Kier molecular flexibility index (Phi) is 3.82. The van der Waals surface area contributed by atoms with Gasteiger partial charge in [-0.1, -0.05) is 6.07 Å². The van der Waals surface area contributed by atoms with E-state index in [2.05, 4.69) is 21.2 Å². The molecule has 5 heteroatoms. The fourth-order valence-electron chi connectivity index (χ4n) is 1.56. The molecule has 0 radical (unpaired) electrons. The van der Waals surface area contributed by atoms with Crippen molar-refractivity contribution < 1.29 is 8.78 Å². The number of benzene rings is 2. The molecule has 2 nitrogen and oxygen atoms in total. The van der Waals surface area contributed by atoms with Crippen LogP contribution in [0.5, 0.6) is 0 Å². The van der Waals surface area contributed by atoms with Crippen molar-refractivity contribution in [2.24, 2.45) is 0 Å². The summed E-state index contributed by atoms with van der Waals surface area (Å²) in [6.07, 6.45) is 0. The van der Waals surface area contributed by atoms with Crippen LogP contribution in [0.25, 0.3) is 0 Å². The van der Waals surface area contributed by atoms with Gasteiger partial charge in [-0.05, 0) is 52.7 Å². The van der Waals surface area contributed by atoms with Gasteiger partial charge in [-0.2, -0.15) is 5.26 Å². The average Bonchev–Trinajstić information content (AvgIpc) is 2.40. The summed E-state index contributed by atoms with van der Waals surface area (Å²) in [5, 5.41) is 11.6. The van der Waals surface area contributed by atoms with Crippen molar-refractivity contribution in [2.75, 3.05) is 5.32 Å². The lowest BCUT2D eigenvalue weighted by Crippen LogP contribution is -1.97. The minimum absolute atomic E-state index is 0.0904. The predicted molar refractivity (Wildman–Crippen MR) is 73.2 cm³/mol. The summed E-state index contributed by atoms with van der Waals surface area (Å²) in [5.41, 5.74) is 1.35. The van der Waals surface area contributed by atoms with Crippen molar-refractivity contribution in [2.45, 2.75) is 6.92 Å². The summed E-state index contributed by atoms with van der Waals surface area (Å²) in [5.74, 6) is -0.946. The molecule has 0 aliphatic heterocycles. The van der Waals surface area contributed by atoms with E-state index in [-0.39, 0.29) is 21.5 Å². The lowest BCUT2D eigenvalue weighted by Gasteiger charge is -2.10. The lowest BCUT2D eigenvalue weighted by molar-refractivity contribution is 0.618. The SMILES string of the molecule is Cc1ccc(Nc2ccc(C#N)c(Br)c2F)cc1F. The van der Waals surface area contributed by atoms with Crippen molar-refractivity contribution in [1.82, 2.24) is 0 Å². The van der Waals surface area contributed by atoms with Crippen LogP contribution in [0.3, 0.4) is 0 Å². The number of anilines is 2. The molecular formula is C14H9BrF2N2. The van der Waals surface area contributed by atoms with Gasteiger partial charge in [0.05, 0.1) is 15.7 Å². The highest BCUT2D eigenvalue weighted by molar-refractivity contribution is 9.10. The fraction of sp³-hybridized carbons (Fsp3) is 0.0714. The number of nitrogens with one attached hydrogen (secondary N) is 1. The van der Waals surface area contributed by atoms with Crippen LogP contribution in [0.2, 0.25) is 0 Å². The topological polar surface area (TPSA) is 35.8 Å². The Hall–Kier alpha value is -1.93. The molecule has 1 N–H and O–H groups in total. The van der Waals surface area contributed by atoms with Crippen LogP contribution >= 0.6 is 15.9 Å². The third kappa shape index (κ3) is 2.74. The van der Waals surface area contributed by atoms with Gasteiger partial charge in [0.15, 0.2) is 5.82 Å². The Morgan fingerprint density at radius 1 is 1.21 bits per heavy atom. The van der Waals surface area contributed by atoms with Crippen LogP contribution in [0.15, 0.2) is 34.8 Å². The predicted octanol–water partition coefficient (Wildman–Crippen LogP) is 4.65. The molecule has 0 amide bonds. The molecule has 2 rings (SSSR count). The maximum atomic E-state index is 14.0. The minimum Gasteiger partial charge on any atom is -0.353 e. The van der Waals surface area contributed by atoms with Crippen molar-refractivity contribution in [1.29, 1.82) is 5.26 Å². The van der Waals surface area contributed by atoms with E-state index in [9.17, 15) is 8.78 Å². The number of hydrogen-bond acceptors (Lipinski definition) is 2. The molecule has 0 heterocycles. The molecule has 0 saturated carbocycles. The zero-order valence-corrected chi connectivity index (χ0v) is 11.6. The second-order valence-electron chi connectivity index (χ2n) is 3.99. The summed E-state index contributed by atoms with van der Waals surface area (Å²) in [7, 11) is 0. The summed E-state index contributed by atoms with van der Waals surface area (Å²) in [6.45, 7) is 1.65. The Morgan fingerprint density at radius 2 is 1.95 bits per heavy atom. The normalized spacial score (nSPS) is 10.1. The van der Waals surface area contributed by atoms with E-state index >= 15 is 0 Å². The van der Waals surface area contributed by atoms with Gasteiger partial charge in [-0.25, -0.2) is 8.78 Å². The number of hydrogen-bond donors (Lipinski definition) is 1. The molecule has 2 aromatic carbocycles. The second-order valence-corrected chi connectivity index (χ2v) is 4.78. The van der Waals surface area contributed by atoms with Gasteiger partial charge in [0, 0.05) is 5.69 Å². The molecule has 0 bridgehead atoms. The van der Waals surface area contributed by atoms with Crippen LogP contribution in [0.1, 0.15) is 11.1 Å². The van der Waals surface area contributed by atoms with Crippen LogP contribution < -0.4 is 5.32 Å². The van der Waals surface area contributed by atoms with E-state index in [4.69, 9.17) is 5.26 Å². The van der Waals surface area contributed by atoms with E-state index in [0.29, 0.717) is 11.3 Å². The first-order valence-corrected chi connectivity index (χ1v) is 6.23. The fourth-order valence-corrected chi connectivity index (χ4v) is 1.99. The quantitative estimate of drug-likeness (QED) is 0.873. The van der Waals surface area contributed by atoms with E-state index in [1.54, 1.807) is 19.1 Å². The van der Waals surface area contributed by atoms with E-state index < -0.39 is 5.82 Å². The number of nitriles is 1. The molecule has 0 aliphatic rings. The molecular weight excluding hydrogens is 314 g/mol. The largest absolute Gasteiger partial charge is 0.353 e. The van der Waals surface area contributed by atoms with Crippen LogP contribution in [-0.4, -0.2) is 0 Å². The third-order valence-corrected chi connectivity index (χ3v) is 3.43. The number of aryl methyl sites for hydroxylation is 1. The molecule has 0 spiro atoms. The molecule has 96 valence electrons. The monoisotopic (exact) mass is 322 g/mol. The highest BCUT2D eigenvalue weighted by Gasteiger charge is 2.11. The van der Waals surface area contributed by atoms with Gasteiger partial charge in [0.25, 0.3) is 0 Å². The zero-order valence-electron chi connectivity index (χ0n) is 9.97. The summed E-state index contributed by atoms with van der Waals surface area (Å²) in [6, 6.07) is 9.35. The van der Waals surface area contributed by atoms with Crippen molar-refractivity contribution in [3.05, 3.63) is 57.6 Å². The molecule has 0 unspecified atom stereocenters. The Balaban J connectivity index is 2.36. The molecule has 19 heavy (non-hydrogen) atoms. The standard InChI is InChI=1S/C14H9BrF2N2/c1-8-2-4-10(6-11(8)16)19-12-5-3-9(7-18)13(15)14(12)17/h2-6,19H,1H3. The van der Waals surface area contributed by atoms with E-state index in [1.165, 1.54) is 18.2 Å². The molecule has 0 aliphatic carbocycles. The molecule has 0 saturated heterocycles. The molecule has 0 fully saturated rings. The summed E-state index contributed by atoms with van der Waals surface area (Å²) >= 11 is 3.02. The average molecular weight is 323 g/mol. The first-order valence-electron chi connectivity index (χ1n) is 5.44. The first kappa shape index (κ1) is 13.5. The smallest absolute Gasteiger partial charge is 0.162 e. The van der Waals surface area contributed by atoms with Crippen molar-refractivity contribution in [3.63, 3.8) is 0 Å². The summed E-state index contributed by atoms with van der Waals surface area (Å²) in [4.78, 5) is 0. The molecule has 0 atom stereocenters. The van der Waals surface area contributed by atoms with Crippen molar-refractivity contribution >= 4 is 27.3 Å². The maximum absolute atomic E-state index is 14.0. The van der Waals surface area contributed by atoms with Gasteiger partial charge in [-0.15, -0.1) is 0 Å². The Morgan fingerprint density at radius 3 is 2.58 bits per heavy atom. The van der Waals surface area contributed by atoms with Gasteiger partial charge < -0.3 is 5.32 Å². The Labute approximate surface area is 117 Å². The first-order chi connectivity index (χ1) is 9.02. The number of rotatable bonds is 2. The van der Waals surface area contributed by atoms with Gasteiger partial charge in [-0.3, -0.25) is 0 Å².